The molecule has 0 spiro atoms. The summed E-state index contributed by atoms with van der Waals surface area (Å²) in [6, 6.07) is 0. The van der Waals surface area contributed by atoms with Crippen molar-refractivity contribution in [3.05, 3.63) is 23.8 Å². The predicted octanol–water partition coefficient (Wildman–Crippen LogP) is 4.10. The number of ketones is 2. The molecule has 0 radical (unpaired) electrons. The van der Waals surface area contributed by atoms with Crippen molar-refractivity contribution in [1.29, 1.82) is 0 Å². The molecule has 1 N–H and O–H groups in total. The summed E-state index contributed by atoms with van der Waals surface area (Å²) in [4.78, 5) is 37.7. The number of aliphatic hydroxyl groups is 1. The summed E-state index contributed by atoms with van der Waals surface area (Å²) in [6.45, 7) is 7.13. The van der Waals surface area contributed by atoms with Gasteiger partial charge in [-0.2, -0.15) is 0 Å². The minimum absolute atomic E-state index is 0.0285. The summed E-state index contributed by atoms with van der Waals surface area (Å²) in [5.41, 5.74) is -4.83. The zero-order valence-corrected chi connectivity index (χ0v) is 19.9. The molecule has 8 atom stereocenters. The van der Waals surface area contributed by atoms with E-state index < -0.39 is 40.1 Å². The highest BCUT2D eigenvalue weighted by molar-refractivity contribution is 6.29. The quantitative estimate of drug-likeness (QED) is 0.498. The Morgan fingerprint density at radius 3 is 2.62 bits per heavy atom. The number of carbonyl (C=O) groups excluding carboxylic acids is 3. The zero-order chi connectivity index (χ0) is 23.7. The van der Waals surface area contributed by atoms with Crippen molar-refractivity contribution < 1.29 is 28.6 Å². The fourth-order valence-corrected chi connectivity index (χ4v) is 7.95. The molecule has 3 fully saturated rings. The second-order valence-electron chi connectivity index (χ2n) is 10.5. The van der Waals surface area contributed by atoms with Crippen molar-refractivity contribution in [2.75, 3.05) is 5.88 Å². The SMILES string of the molecule is CCC(=O)O[C@]1(C(=O)CCl)[C@@H](C)C[C@@H]2[C@@H]3CCC4=CC(=O)C=C[C@]4(C)[C@@]3(F)[C@@H](O)C[C@@]21C. The smallest absolute Gasteiger partial charge is 0.306 e. The van der Waals surface area contributed by atoms with Crippen LogP contribution in [0.2, 0.25) is 0 Å². The largest absolute Gasteiger partial charge is 0.450 e. The van der Waals surface area contributed by atoms with Gasteiger partial charge in [-0.1, -0.05) is 32.4 Å². The average Bonchev–Trinajstić information content (AvgIpc) is 2.96. The van der Waals surface area contributed by atoms with Crippen molar-refractivity contribution in [2.24, 2.45) is 28.6 Å². The molecule has 176 valence electrons. The van der Waals surface area contributed by atoms with Gasteiger partial charge in [-0.05, 0) is 50.7 Å². The molecule has 0 saturated heterocycles. The highest BCUT2D eigenvalue weighted by Crippen LogP contribution is 2.71. The Morgan fingerprint density at radius 1 is 1.31 bits per heavy atom. The van der Waals surface area contributed by atoms with E-state index in [1.165, 1.54) is 12.2 Å². The fraction of sp³-hybridized carbons (Fsp3) is 0.720. The van der Waals surface area contributed by atoms with E-state index in [-0.39, 0.29) is 42.1 Å². The average molecular weight is 467 g/mol. The van der Waals surface area contributed by atoms with Crippen molar-refractivity contribution in [1.82, 2.24) is 0 Å². The van der Waals surface area contributed by atoms with Crippen molar-refractivity contribution in [3.63, 3.8) is 0 Å². The summed E-state index contributed by atoms with van der Waals surface area (Å²) in [5.74, 6) is -2.57. The second-order valence-corrected chi connectivity index (χ2v) is 10.8. The van der Waals surface area contributed by atoms with Crippen molar-refractivity contribution in [2.45, 2.75) is 77.2 Å². The number of fused-ring (bicyclic) bond motifs is 5. The summed E-state index contributed by atoms with van der Waals surface area (Å²) in [5, 5.41) is 11.4. The number of hydrogen-bond acceptors (Lipinski definition) is 5. The lowest BCUT2D eigenvalue weighted by molar-refractivity contribution is -0.227. The minimum Gasteiger partial charge on any atom is -0.450 e. The monoisotopic (exact) mass is 466 g/mol. The first-order valence-electron chi connectivity index (χ1n) is 11.5. The van der Waals surface area contributed by atoms with Crippen LogP contribution in [0.15, 0.2) is 23.8 Å². The number of aliphatic hydroxyl groups excluding tert-OH is 1. The normalized spacial score (nSPS) is 47.2. The summed E-state index contributed by atoms with van der Waals surface area (Å²) in [7, 11) is 0. The number of Topliss-reactive ketones (excluding diaryl/α,β-unsaturated/α-hetero) is 1. The Hall–Kier alpha value is -1.53. The zero-order valence-electron chi connectivity index (χ0n) is 19.1. The lowest BCUT2D eigenvalue weighted by Gasteiger charge is -2.62. The maximum Gasteiger partial charge on any atom is 0.306 e. The number of carbonyl (C=O) groups is 3. The number of alkyl halides is 2. The maximum absolute atomic E-state index is 17.2. The molecular weight excluding hydrogens is 435 g/mol. The van der Waals surface area contributed by atoms with E-state index >= 15 is 4.39 Å². The molecule has 0 unspecified atom stereocenters. The van der Waals surface area contributed by atoms with Gasteiger partial charge in [-0.25, -0.2) is 4.39 Å². The fourth-order valence-electron chi connectivity index (χ4n) is 7.75. The molecule has 32 heavy (non-hydrogen) atoms. The van der Waals surface area contributed by atoms with Gasteiger partial charge in [0.25, 0.3) is 0 Å². The van der Waals surface area contributed by atoms with Crippen molar-refractivity contribution in [3.8, 4) is 0 Å². The van der Waals surface area contributed by atoms with E-state index in [2.05, 4.69) is 0 Å². The van der Waals surface area contributed by atoms with Crippen LogP contribution in [0.3, 0.4) is 0 Å². The Labute approximate surface area is 193 Å². The molecule has 5 nitrogen and oxygen atoms in total. The molecule has 0 bridgehead atoms. The third-order valence-corrected chi connectivity index (χ3v) is 9.52. The van der Waals surface area contributed by atoms with Gasteiger partial charge >= 0.3 is 5.97 Å². The molecule has 4 rings (SSSR count). The van der Waals surface area contributed by atoms with Gasteiger partial charge in [0.1, 0.15) is 0 Å². The van der Waals surface area contributed by atoms with Crippen LogP contribution in [0.5, 0.6) is 0 Å². The van der Waals surface area contributed by atoms with E-state index in [0.29, 0.717) is 24.8 Å². The third kappa shape index (κ3) is 2.68. The van der Waals surface area contributed by atoms with Crippen LogP contribution in [0.1, 0.15) is 59.8 Å². The Bertz CT molecular complexity index is 929. The summed E-state index contributed by atoms with van der Waals surface area (Å²) >= 11 is 6.01. The van der Waals surface area contributed by atoms with E-state index in [0.717, 1.165) is 0 Å². The molecule has 3 saturated carbocycles. The number of esters is 1. The highest BCUT2D eigenvalue weighted by Gasteiger charge is 2.77. The Morgan fingerprint density at radius 2 is 2.00 bits per heavy atom. The first-order chi connectivity index (χ1) is 14.9. The van der Waals surface area contributed by atoms with Crippen LogP contribution in [-0.2, 0) is 19.1 Å². The van der Waals surface area contributed by atoms with E-state index in [4.69, 9.17) is 16.3 Å². The lowest BCUT2D eigenvalue weighted by atomic mass is 9.44. The molecule has 0 aromatic heterocycles. The predicted molar refractivity (Wildman–Crippen MR) is 118 cm³/mol. The van der Waals surface area contributed by atoms with Crippen LogP contribution in [0, 0.1) is 28.6 Å². The minimum atomic E-state index is -1.99. The molecule has 0 aromatic carbocycles. The molecule has 0 aliphatic heterocycles. The van der Waals surface area contributed by atoms with Crippen molar-refractivity contribution >= 4 is 29.1 Å². The Balaban J connectivity index is 1.85. The van der Waals surface area contributed by atoms with Crippen LogP contribution in [0.4, 0.5) is 4.39 Å². The van der Waals surface area contributed by atoms with E-state index in [9.17, 15) is 19.5 Å². The molecule has 0 aromatic rings. The van der Waals surface area contributed by atoms with Gasteiger partial charge < -0.3 is 9.84 Å². The summed E-state index contributed by atoms with van der Waals surface area (Å²) in [6.07, 6.45) is 4.67. The number of rotatable bonds is 4. The van der Waals surface area contributed by atoms with Crippen LogP contribution >= 0.6 is 11.6 Å². The maximum atomic E-state index is 17.2. The first-order valence-corrected chi connectivity index (χ1v) is 12.1. The van der Waals surface area contributed by atoms with Gasteiger partial charge in [0, 0.05) is 29.1 Å². The van der Waals surface area contributed by atoms with E-state index in [1.54, 1.807) is 19.9 Å². The van der Waals surface area contributed by atoms with Crippen LogP contribution < -0.4 is 0 Å². The molecule has 0 amide bonds. The topological polar surface area (TPSA) is 80.7 Å². The van der Waals surface area contributed by atoms with Crippen LogP contribution in [0.25, 0.3) is 0 Å². The number of hydrogen-bond donors (Lipinski definition) is 1. The first kappa shape index (κ1) is 23.6. The van der Waals surface area contributed by atoms with Gasteiger partial charge in [0.15, 0.2) is 22.8 Å². The van der Waals surface area contributed by atoms with E-state index in [1.807, 2.05) is 13.8 Å². The van der Waals surface area contributed by atoms with Gasteiger partial charge in [0.2, 0.25) is 0 Å². The standard InChI is InChI=1S/C25H32ClFO5/c1-5-21(31)32-25(20(30)13-26)14(2)10-18-17-7-6-15-11-16(28)8-9-22(15,3)24(17,27)19(29)12-23(18,25)4/h8-9,11,14,17-19,29H,5-7,10,12-13H2,1-4H3/t14-,17-,18+,19-,22-,23-,24-,25-/m0/s1. The van der Waals surface area contributed by atoms with Gasteiger partial charge in [-0.15, -0.1) is 11.6 Å². The molecule has 4 aliphatic carbocycles. The summed E-state index contributed by atoms with van der Waals surface area (Å²) < 4.78 is 23.1. The molecular formula is C25H32ClFO5. The number of halogens is 2. The number of allylic oxidation sites excluding steroid dienone is 4. The Kier molecular flexibility index (Phi) is 5.53. The highest BCUT2D eigenvalue weighted by atomic mass is 35.5. The van der Waals surface area contributed by atoms with Crippen LogP contribution in [-0.4, -0.2) is 45.9 Å². The lowest BCUT2D eigenvalue weighted by Crippen LogP contribution is -2.70. The second kappa shape index (κ2) is 7.49. The molecule has 0 heterocycles. The third-order valence-electron chi connectivity index (χ3n) is 9.28. The molecule has 7 heteroatoms. The molecule has 4 aliphatic rings. The number of ether oxygens (including phenoxy) is 1. The van der Waals surface area contributed by atoms with Gasteiger partial charge in [-0.3, -0.25) is 14.4 Å². The van der Waals surface area contributed by atoms with Gasteiger partial charge in [0.05, 0.1) is 12.0 Å².